The lowest BCUT2D eigenvalue weighted by Crippen LogP contribution is -2.62. The molecule has 2 aliphatic rings. The maximum atomic E-state index is 14.7. The molecule has 4 aromatic rings. The van der Waals surface area contributed by atoms with Gasteiger partial charge in [-0.15, -0.1) is 0 Å². The molecule has 234 valence electrons. The molecule has 0 aromatic heterocycles. The minimum absolute atomic E-state index is 0.0378. The Hall–Kier alpha value is -3.59. The lowest BCUT2D eigenvalue weighted by molar-refractivity contribution is -0.326. The summed E-state index contributed by atoms with van der Waals surface area (Å²) in [6.45, 7) is 4.76. The van der Waals surface area contributed by atoms with Crippen LogP contribution in [0.3, 0.4) is 0 Å². The van der Waals surface area contributed by atoms with Crippen molar-refractivity contribution in [3.63, 3.8) is 0 Å². The van der Waals surface area contributed by atoms with Crippen LogP contribution in [0.2, 0.25) is 5.02 Å². The number of carbonyl (C=O) groups is 1. The third-order valence-electron chi connectivity index (χ3n) is 8.69. The molecule has 0 aliphatic carbocycles. The monoisotopic (exact) mass is 630 g/mol. The maximum Gasteiger partial charge on any atom is 0.225 e. The van der Waals surface area contributed by atoms with Gasteiger partial charge in [0.05, 0.1) is 32.5 Å². The topological polar surface area (TPSA) is 63.2 Å². The van der Waals surface area contributed by atoms with E-state index in [4.69, 9.17) is 35.3 Å². The number of hydrogen-bond donors (Lipinski definition) is 0. The van der Waals surface area contributed by atoms with Crippen molar-refractivity contribution in [2.75, 3.05) is 13.2 Å². The molecule has 2 saturated heterocycles. The summed E-state index contributed by atoms with van der Waals surface area (Å²) in [6, 6.07) is 30.1. The van der Waals surface area contributed by atoms with E-state index in [-0.39, 0.29) is 24.9 Å². The van der Waals surface area contributed by atoms with Gasteiger partial charge < -0.3 is 28.5 Å². The zero-order chi connectivity index (χ0) is 31.4. The molecule has 0 amide bonds. The van der Waals surface area contributed by atoms with Crippen LogP contribution in [0.1, 0.15) is 41.7 Å². The molecule has 2 fully saturated rings. The van der Waals surface area contributed by atoms with E-state index < -0.39 is 29.4 Å². The van der Waals surface area contributed by atoms with Crippen LogP contribution in [0.4, 0.5) is 4.39 Å². The van der Waals surface area contributed by atoms with Crippen molar-refractivity contribution in [2.45, 2.75) is 57.1 Å². The summed E-state index contributed by atoms with van der Waals surface area (Å²) in [6.07, 6.45) is -0.130. The second-order valence-electron chi connectivity index (χ2n) is 11.6. The number of rotatable bonds is 12. The Kier molecular flexibility index (Phi) is 9.36. The Bertz CT molecular complexity index is 1620. The summed E-state index contributed by atoms with van der Waals surface area (Å²) >= 11 is 6.69. The number of fused-ring (bicyclic) bond motifs is 2. The molecular formula is C37H36ClFO6. The molecule has 45 heavy (non-hydrogen) atoms. The first-order valence-corrected chi connectivity index (χ1v) is 15.6. The van der Waals surface area contributed by atoms with Crippen LogP contribution in [0, 0.1) is 11.7 Å². The van der Waals surface area contributed by atoms with E-state index in [1.54, 1.807) is 12.1 Å². The van der Waals surface area contributed by atoms with E-state index in [9.17, 15) is 9.18 Å². The van der Waals surface area contributed by atoms with E-state index in [0.717, 1.165) is 28.5 Å². The van der Waals surface area contributed by atoms with Crippen molar-refractivity contribution in [1.82, 2.24) is 0 Å². The first-order valence-electron chi connectivity index (χ1n) is 15.2. The van der Waals surface area contributed by atoms with Gasteiger partial charge in [0.2, 0.25) is 5.79 Å². The van der Waals surface area contributed by atoms with Crippen LogP contribution in [0.15, 0.2) is 97.1 Å². The zero-order valence-electron chi connectivity index (χ0n) is 25.3. The molecule has 6 nitrogen and oxygen atoms in total. The highest BCUT2D eigenvalue weighted by atomic mass is 35.5. The quantitative estimate of drug-likeness (QED) is 0.152. The van der Waals surface area contributed by atoms with Gasteiger partial charge in [-0.05, 0) is 59.9 Å². The number of halogens is 2. The second kappa shape index (κ2) is 13.4. The summed E-state index contributed by atoms with van der Waals surface area (Å²) in [5.41, 5.74) is 2.83. The summed E-state index contributed by atoms with van der Waals surface area (Å²) in [5.74, 6) is -2.08. The van der Waals surface area contributed by atoms with Crippen LogP contribution in [-0.4, -0.2) is 37.3 Å². The number of aldehydes is 1. The predicted octanol–water partition coefficient (Wildman–Crippen LogP) is 7.43. The Labute approximate surface area is 268 Å². The smallest absolute Gasteiger partial charge is 0.225 e. The number of carbonyl (C=O) groups excluding carboxylic acids is 1. The summed E-state index contributed by atoms with van der Waals surface area (Å²) < 4.78 is 46.6. The summed E-state index contributed by atoms with van der Waals surface area (Å²) in [4.78, 5) is 12.7. The van der Waals surface area contributed by atoms with Gasteiger partial charge in [0.25, 0.3) is 0 Å². The molecule has 2 heterocycles. The minimum atomic E-state index is -1.47. The van der Waals surface area contributed by atoms with Crippen molar-refractivity contribution in [1.29, 1.82) is 0 Å². The van der Waals surface area contributed by atoms with E-state index >= 15 is 0 Å². The average molecular weight is 631 g/mol. The van der Waals surface area contributed by atoms with Gasteiger partial charge in [-0.3, -0.25) is 0 Å². The fraction of sp³-hybridized carbons (Fsp3) is 0.324. The van der Waals surface area contributed by atoms with Crippen molar-refractivity contribution >= 4 is 17.9 Å². The second-order valence-corrected chi connectivity index (χ2v) is 12.0. The Morgan fingerprint density at radius 1 is 0.911 bits per heavy atom. The molecule has 0 saturated carbocycles. The molecule has 4 aromatic carbocycles. The maximum absolute atomic E-state index is 14.7. The van der Waals surface area contributed by atoms with E-state index in [1.807, 2.05) is 92.7 Å². The average Bonchev–Trinajstić information content (AvgIpc) is 3.44. The highest BCUT2D eigenvalue weighted by Crippen LogP contribution is 2.53. The molecule has 8 heteroatoms. The highest BCUT2D eigenvalue weighted by Gasteiger charge is 2.67. The van der Waals surface area contributed by atoms with Gasteiger partial charge in [-0.2, -0.15) is 0 Å². The Balaban J connectivity index is 1.38. The van der Waals surface area contributed by atoms with Gasteiger partial charge in [-0.25, -0.2) is 4.39 Å². The fourth-order valence-electron chi connectivity index (χ4n) is 6.19. The van der Waals surface area contributed by atoms with Gasteiger partial charge >= 0.3 is 0 Å². The predicted molar refractivity (Wildman–Crippen MR) is 169 cm³/mol. The van der Waals surface area contributed by atoms with Gasteiger partial charge in [0, 0.05) is 16.5 Å². The zero-order valence-corrected chi connectivity index (χ0v) is 26.0. The fourth-order valence-corrected chi connectivity index (χ4v) is 6.38. The normalized spacial score (nSPS) is 25.6. The van der Waals surface area contributed by atoms with Crippen LogP contribution in [0.25, 0.3) is 0 Å². The number of benzene rings is 4. The van der Waals surface area contributed by atoms with E-state index in [1.165, 1.54) is 6.07 Å². The SMILES string of the molecule is CCOc1ccc(Cc2cc([C@]34OC[C@](C=O)(O3)[C@@H](C)[C@H](OCc3ccccc3)[C@H]4OCc3ccccc3)ccc2Cl)cc1F. The molecular weight excluding hydrogens is 595 g/mol. The summed E-state index contributed by atoms with van der Waals surface area (Å²) in [5, 5.41) is 0.506. The molecule has 0 unspecified atom stereocenters. The molecule has 0 radical (unpaired) electrons. The van der Waals surface area contributed by atoms with Crippen LogP contribution in [-0.2, 0) is 49.2 Å². The van der Waals surface area contributed by atoms with Crippen molar-refractivity contribution in [3.05, 3.63) is 136 Å². The van der Waals surface area contributed by atoms with Crippen molar-refractivity contribution < 1.29 is 32.9 Å². The third kappa shape index (κ3) is 6.28. The van der Waals surface area contributed by atoms with E-state index in [2.05, 4.69) is 0 Å². The largest absolute Gasteiger partial charge is 0.491 e. The van der Waals surface area contributed by atoms with Gasteiger partial charge in [0.15, 0.2) is 23.5 Å². The standard InChI is InChI=1S/C37H36ClFO6/c1-3-41-33-17-14-28(19-32(33)39)18-29-20-30(15-16-31(29)38)37-35(43-22-27-12-8-5-9-13-27)34(42-21-26-10-6-4-7-11-26)25(2)36(23-40,45-37)24-44-37/h4-17,19-20,23,25,34-35H,3,18,21-22,24H2,1-2H3/t25-,34-,35+,36-,37-/m0/s1. The molecule has 2 bridgehead atoms. The first kappa shape index (κ1) is 31.4. The van der Waals surface area contributed by atoms with Gasteiger partial charge in [-0.1, -0.05) is 91.3 Å². The molecule has 0 N–H and O–H groups in total. The molecule has 0 spiro atoms. The van der Waals surface area contributed by atoms with Crippen LogP contribution < -0.4 is 4.74 Å². The lowest BCUT2D eigenvalue weighted by atomic mass is 9.78. The van der Waals surface area contributed by atoms with Gasteiger partial charge in [0.1, 0.15) is 6.10 Å². The molecule has 5 atom stereocenters. The lowest BCUT2D eigenvalue weighted by Gasteiger charge is -2.49. The van der Waals surface area contributed by atoms with Crippen molar-refractivity contribution in [2.24, 2.45) is 5.92 Å². The van der Waals surface area contributed by atoms with E-state index in [0.29, 0.717) is 30.2 Å². The third-order valence-corrected chi connectivity index (χ3v) is 9.06. The summed E-state index contributed by atoms with van der Waals surface area (Å²) in [7, 11) is 0. The minimum Gasteiger partial charge on any atom is -0.491 e. The Morgan fingerprint density at radius 3 is 2.24 bits per heavy atom. The van der Waals surface area contributed by atoms with Crippen molar-refractivity contribution in [3.8, 4) is 5.75 Å². The number of hydrogen-bond acceptors (Lipinski definition) is 6. The van der Waals surface area contributed by atoms with Crippen LogP contribution in [0.5, 0.6) is 5.75 Å². The molecule has 6 rings (SSSR count). The van der Waals surface area contributed by atoms with Crippen LogP contribution >= 0.6 is 11.6 Å². The number of ether oxygens (including phenoxy) is 5. The molecule has 2 aliphatic heterocycles. The Morgan fingerprint density at radius 2 is 1.60 bits per heavy atom. The first-order chi connectivity index (χ1) is 21.9. The highest BCUT2D eigenvalue weighted by molar-refractivity contribution is 6.31.